The monoisotopic (exact) mass is 340 g/mol. The Bertz CT molecular complexity index is 538. The van der Waals surface area contributed by atoms with Crippen molar-refractivity contribution in [3.05, 3.63) is 57.7 Å². The summed E-state index contributed by atoms with van der Waals surface area (Å²) in [5.41, 5.74) is 0.161. The van der Waals surface area contributed by atoms with E-state index >= 15 is 0 Å². The molecule has 0 atom stereocenters. The fourth-order valence-corrected chi connectivity index (χ4v) is 1.80. The number of carbonyl (C=O) groups excluding carboxylic acids is 1. The van der Waals surface area contributed by atoms with Gasteiger partial charge in [-0.15, -0.1) is 0 Å². The standard InChI is InChI=1S/C13H9IO3/c14-9-6-7-11(12(15)8-9)13(16)17-10-4-2-1-3-5-10/h1-8,15H. The van der Waals surface area contributed by atoms with Crippen molar-refractivity contribution in [2.45, 2.75) is 0 Å². The number of esters is 1. The van der Waals surface area contributed by atoms with Crippen LogP contribution in [0.15, 0.2) is 48.5 Å². The van der Waals surface area contributed by atoms with Crippen LogP contribution in [-0.4, -0.2) is 11.1 Å². The van der Waals surface area contributed by atoms with Crippen molar-refractivity contribution in [2.24, 2.45) is 0 Å². The Morgan fingerprint density at radius 3 is 2.47 bits per heavy atom. The maximum absolute atomic E-state index is 11.8. The van der Waals surface area contributed by atoms with E-state index in [1.165, 1.54) is 6.07 Å². The van der Waals surface area contributed by atoms with Crippen molar-refractivity contribution in [3.63, 3.8) is 0 Å². The van der Waals surface area contributed by atoms with Gasteiger partial charge in [0.15, 0.2) is 0 Å². The second-order valence-corrected chi connectivity index (χ2v) is 4.61. The normalized spacial score (nSPS) is 9.94. The van der Waals surface area contributed by atoms with Crippen molar-refractivity contribution in [1.82, 2.24) is 0 Å². The Morgan fingerprint density at radius 2 is 1.82 bits per heavy atom. The highest BCUT2D eigenvalue weighted by atomic mass is 127. The number of halogens is 1. The molecule has 2 aromatic rings. The fraction of sp³-hybridized carbons (Fsp3) is 0. The number of benzene rings is 2. The molecule has 0 unspecified atom stereocenters. The van der Waals surface area contributed by atoms with Gasteiger partial charge < -0.3 is 9.84 Å². The lowest BCUT2D eigenvalue weighted by molar-refractivity contribution is 0.0731. The van der Waals surface area contributed by atoms with E-state index in [2.05, 4.69) is 22.6 Å². The molecule has 2 rings (SSSR count). The highest BCUT2D eigenvalue weighted by Gasteiger charge is 2.13. The zero-order valence-corrected chi connectivity index (χ0v) is 10.9. The van der Waals surface area contributed by atoms with E-state index in [4.69, 9.17) is 4.74 Å². The molecule has 0 spiro atoms. The summed E-state index contributed by atoms with van der Waals surface area (Å²) in [4.78, 5) is 11.8. The Labute approximate surface area is 112 Å². The molecule has 17 heavy (non-hydrogen) atoms. The Hall–Kier alpha value is -1.56. The molecule has 0 aliphatic rings. The van der Waals surface area contributed by atoms with E-state index in [0.717, 1.165) is 3.57 Å². The van der Waals surface area contributed by atoms with Gasteiger partial charge in [0.2, 0.25) is 0 Å². The summed E-state index contributed by atoms with van der Waals surface area (Å²) in [6.07, 6.45) is 0. The van der Waals surface area contributed by atoms with Gasteiger partial charge in [-0.1, -0.05) is 18.2 Å². The Kier molecular flexibility index (Phi) is 3.63. The molecule has 4 heteroatoms. The van der Waals surface area contributed by atoms with Crippen molar-refractivity contribution < 1.29 is 14.6 Å². The van der Waals surface area contributed by atoms with Crippen LogP contribution in [0, 0.1) is 3.57 Å². The van der Waals surface area contributed by atoms with Crippen LogP contribution in [0.4, 0.5) is 0 Å². The predicted octanol–water partition coefficient (Wildman–Crippen LogP) is 3.22. The summed E-state index contributed by atoms with van der Waals surface area (Å²) in [5, 5.41) is 9.63. The second-order valence-electron chi connectivity index (χ2n) is 3.36. The zero-order chi connectivity index (χ0) is 12.3. The molecule has 3 nitrogen and oxygen atoms in total. The molecule has 0 bridgehead atoms. The quantitative estimate of drug-likeness (QED) is 0.519. The van der Waals surface area contributed by atoms with Gasteiger partial charge in [0.05, 0.1) is 0 Å². The molecule has 86 valence electrons. The SMILES string of the molecule is O=C(Oc1ccccc1)c1ccc(I)cc1O. The average Bonchev–Trinajstić information content (AvgIpc) is 2.30. The molecule has 1 N–H and O–H groups in total. The van der Waals surface area contributed by atoms with Crippen LogP contribution < -0.4 is 4.74 Å². The highest BCUT2D eigenvalue weighted by Crippen LogP contribution is 2.21. The number of aromatic hydroxyl groups is 1. The van der Waals surface area contributed by atoms with Crippen LogP contribution >= 0.6 is 22.6 Å². The molecular weight excluding hydrogens is 331 g/mol. The summed E-state index contributed by atoms with van der Waals surface area (Å²) >= 11 is 2.06. The largest absolute Gasteiger partial charge is 0.507 e. The van der Waals surface area contributed by atoms with E-state index in [0.29, 0.717) is 5.75 Å². The average molecular weight is 340 g/mol. The lowest BCUT2D eigenvalue weighted by Gasteiger charge is -2.05. The van der Waals surface area contributed by atoms with Gasteiger partial charge in [0, 0.05) is 3.57 Å². The van der Waals surface area contributed by atoms with Crippen LogP contribution in [-0.2, 0) is 0 Å². The van der Waals surface area contributed by atoms with Crippen molar-refractivity contribution in [2.75, 3.05) is 0 Å². The minimum absolute atomic E-state index is 0.0715. The number of carbonyl (C=O) groups is 1. The number of para-hydroxylation sites is 1. The third-order valence-corrected chi connectivity index (χ3v) is 2.80. The summed E-state index contributed by atoms with van der Waals surface area (Å²) in [7, 11) is 0. The maximum atomic E-state index is 11.8. The molecule has 0 amide bonds. The lowest BCUT2D eigenvalue weighted by atomic mass is 10.2. The van der Waals surface area contributed by atoms with E-state index in [9.17, 15) is 9.90 Å². The first-order chi connectivity index (χ1) is 8.16. The van der Waals surface area contributed by atoms with Crippen LogP contribution in [0.25, 0.3) is 0 Å². The summed E-state index contributed by atoms with van der Waals surface area (Å²) in [6, 6.07) is 13.5. The molecule has 0 aliphatic carbocycles. The minimum Gasteiger partial charge on any atom is -0.507 e. The first-order valence-electron chi connectivity index (χ1n) is 4.92. The van der Waals surface area contributed by atoms with Gasteiger partial charge in [0.1, 0.15) is 17.1 Å². The van der Waals surface area contributed by atoms with E-state index in [-0.39, 0.29) is 11.3 Å². The number of hydrogen-bond acceptors (Lipinski definition) is 3. The molecule has 0 aliphatic heterocycles. The number of hydrogen-bond donors (Lipinski definition) is 1. The predicted molar refractivity (Wildman–Crippen MR) is 72.2 cm³/mol. The Morgan fingerprint density at radius 1 is 1.12 bits per heavy atom. The molecule has 0 saturated heterocycles. The number of phenols is 1. The molecule has 0 radical (unpaired) electrons. The van der Waals surface area contributed by atoms with Gasteiger partial charge in [-0.2, -0.15) is 0 Å². The molecule has 0 saturated carbocycles. The topological polar surface area (TPSA) is 46.5 Å². The fourth-order valence-electron chi connectivity index (χ4n) is 1.33. The van der Waals surface area contributed by atoms with Crippen LogP contribution in [0.1, 0.15) is 10.4 Å². The van der Waals surface area contributed by atoms with Crippen molar-refractivity contribution in [3.8, 4) is 11.5 Å². The summed E-state index contributed by atoms with van der Waals surface area (Å²) in [6.45, 7) is 0. The first kappa shape index (κ1) is 11.9. The number of rotatable bonds is 2. The lowest BCUT2D eigenvalue weighted by Crippen LogP contribution is -2.08. The number of ether oxygens (including phenoxy) is 1. The van der Waals surface area contributed by atoms with E-state index < -0.39 is 5.97 Å². The molecule has 0 fully saturated rings. The van der Waals surface area contributed by atoms with Gasteiger partial charge in [-0.3, -0.25) is 0 Å². The molecular formula is C13H9IO3. The zero-order valence-electron chi connectivity index (χ0n) is 8.76. The van der Waals surface area contributed by atoms with E-state index in [1.54, 1.807) is 36.4 Å². The molecule has 0 aromatic heterocycles. The van der Waals surface area contributed by atoms with Gasteiger partial charge in [0.25, 0.3) is 0 Å². The van der Waals surface area contributed by atoms with Gasteiger partial charge >= 0.3 is 5.97 Å². The summed E-state index contributed by atoms with van der Waals surface area (Å²) < 4.78 is 5.98. The van der Waals surface area contributed by atoms with Crippen LogP contribution in [0.5, 0.6) is 11.5 Å². The maximum Gasteiger partial charge on any atom is 0.347 e. The molecule has 2 aromatic carbocycles. The van der Waals surface area contributed by atoms with Crippen LogP contribution in [0.3, 0.4) is 0 Å². The van der Waals surface area contributed by atoms with Crippen molar-refractivity contribution in [1.29, 1.82) is 0 Å². The molecule has 0 heterocycles. The van der Waals surface area contributed by atoms with Gasteiger partial charge in [-0.25, -0.2) is 4.79 Å². The number of phenolic OH excluding ortho intramolecular Hbond substituents is 1. The van der Waals surface area contributed by atoms with E-state index in [1.807, 2.05) is 6.07 Å². The third-order valence-electron chi connectivity index (χ3n) is 2.13. The third kappa shape index (κ3) is 2.97. The van der Waals surface area contributed by atoms with Crippen LogP contribution in [0.2, 0.25) is 0 Å². The minimum atomic E-state index is -0.565. The smallest absolute Gasteiger partial charge is 0.347 e. The first-order valence-corrected chi connectivity index (χ1v) is 6.00. The van der Waals surface area contributed by atoms with Crippen molar-refractivity contribution >= 4 is 28.6 Å². The second kappa shape index (κ2) is 5.18. The summed E-state index contributed by atoms with van der Waals surface area (Å²) in [5.74, 6) is -0.182. The Balaban J connectivity index is 2.21. The highest BCUT2D eigenvalue weighted by molar-refractivity contribution is 14.1. The van der Waals surface area contributed by atoms with Gasteiger partial charge in [-0.05, 0) is 52.9 Å².